The van der Waals surface area contributed by atoms with Crippen LogP contribution in [0.4, 0.5) is 0 Å². The summed E-state index contributed by atoms with van der Waals surface area (Å²) in [4.78, 5) is 3.57. The topological polar surface area (TPSA) is 15.8 Å². The largest absolute Gasteiger partial charge is 0.358 e. The Kier molecular flexibility index (Phi) is 2.09. The molecule has 1 nitrogen and oxygen atoms in total. The molecule has 1 heterocycles. The highest BCUT2D eigenvalue weighted by Crippen LogP contribution is 2.40. The molecule has 0 radical (unpaired) electrons. The van der Waals surface area contributed by atoms with Gasteiger partial charge < -0.3 is 4.98 Å². The molecule has 1 aliphatic rings. The van der Waals surface area contributed by atoms with Crippen LogP contribution in [0.1, 0.15) is 37.9 Å². The van der Waals surface area contributed by atoms with Crippen LogP contribution in [0.2, 0.25) is 5.02 Å². The van der Waals surface area contributed by atoms with Crippen LogP contribution >= 0.6 is 11.6 Å². The van der Waals surface area contributed by atoms with E-state index in [9.17, 15) is 0 Å². The van der Waals surface area contributed by atoms with Crippen molar-refractivity contribution in [3.63, 3.8) is 0 Å². The van der Waals surface area contributed by atoms with E-state index in [2.05, 4.69) is 31.0 Å². The summed E-state index contributed by atoms with van der Waals surface area (Å²) >= 11 is 6.08. The fraction of sp³-hybridized carbons (Fsp3) is 0.429. The number of aryl methyl sites for hydroxylation is 1. The summed E-state index contributed by atoms with van der Waals surface area (Å²) < 4.78 is 0. The second-order valence-electron chi connectivity index (χ2n) is 5.41. The highest BCUT2D eigenvalue weighted by atomic mass is 35.5. The Hall–Kier alpha value is -0.950. The molecule has 0 fully saturated rings. The zero-order valence-corrected chi connectivity index (χ0v) is 10.5. The van der Waals surface area contributed by atoms with Gasteiger partial charge in [-0.2, -0.15) is 0 Å². The molecule has 0 saturated heterocycles. The van der Waals surface area contributed by atoms with Crippen LogP contribution in [-0.4, -0.2) is 4.98 Å². The minimum absolute atomic E-state index is 0.277. The van der Waals surface area contributed by atoms with E-state index in [1.165, 1.54) is 41.4 Å². The molecule has 0 spiro atoms. The summed E-state index contributed by atoms with van der Waals surface area (Å²) in [6.45, 7) is 4.64. The van der Waals surface area contributed by atoms with Crippen LogP contribution in [0.3, 0.4) is 0 Å². The molecule has 1 N–H and O–H groups in total. The van der Waals surface area contributed by atoms with Crippen molar-refractivity contribution in [3.05, 3.63) is 34.5 Å². The van der Waals surface area contributed by atoms with E-state index in [1.807, 2.05) is 6.07 Å². The SMILES string of the molecule is CC1(C)CCCc2c1[nH]c1ccc(Cl)cc21. The van der Waals surface area contributed by atoms with Gasteiger partial charge in [-0.3, -0.25) is 0 Å². The molecule has 1 aliphatic carbocycles. The van der Waals surface area contributed by atoms with E-state index < -0.39 is 0 Å². The van der Waals surface area contributed by atoms with Crippen LogP contribution in [0, 0.1) is 0 Å². The first-order valence-electron chi connectivity index (χ1n) is 5.88. The molecule has 0 amide bonds. The minimum Gasteiger partial charge on any atom is -0.358 e. The highest BCUT2D eigenvalue weighted by Gasteiger charge is 2.30. The molecule has 84 valence electrons. The lowest BCUT2D eigenvalue weighted by Crippen LogP contribution is -2.23. The van der Waals surface area contributed by atoms with Crippen molar-refractivity contribution in [2.24, 2.45) is 0 Å². The summed E-state index contributed by atoms with van der Waals surface area (Å²) in [6, 6.07) is 6.14. The van der Waals surface area contributed by atoms with Crippen molar-refractivity contribution in [3.8, 4) is 0 Å². The van der Waals surface area contributed by atoms with Crippen molar-refractivity contribution in [1.82, 2.24) is 4.98 Å². The Bertz CT molecular complexity index is 551. The Morgan fingerprint density at radius 1 is 1.31 bits per heavy atom. The minimum atomic E-state index is 0.277. The van der Waals surface area contributed by atoms with Gasteiger partial charge in [0.15, 0.2) is 0 Å². The number of aromatic nitrogens is 1. The lowest BCUT2D eigenvalue weighted by Gasteiger charge is -2.29. The van der Waals surface area contributed by atoms with Gasteiger partial charge in [0, 0.05) is 27.0 Å². The van der Waals surface area contributed by atoms with Gasteiger partial charge in [-0.1, -0.05) is 25.4 Å². The van der Waals surface area contributed by atoms with Crippen molar-refractivity contribution in [2.45, 2.75) is 38.5 Å². The van der Waals surface area contributed by atoms with Gasteiger partial charge in [-0.25, -0.2) is 0 Å². The second kappa shape index (κ2) is 3.27. The number of aromatic amines is 1. The predicted molar refractivity (Wildman–Crippen MR) is 69.3 cm³/mol. The van der Waals surface area contributed by atoms with Crippen LogP contribution in [-0.2, 0) is 11.8 Å². The molecular formula is C14H16ClN. The number of rotatable bonds is 0. The van der Waals surface area contributed by atoms with Gasteiger partial charge in [0.05, 0.1) is 0 Å². The van der Waals surface area contributed by atoms with Gasteiger partial charge in [0.2, 0.25) is 0 Å². The smallest absolute Gasteiger partial charge is 0.0460 e. The molecular weight excluding hydrogens is 218 g/mol. The quantitative estimate of drug-likeness (QED) is 0.693. The average Bonchev–Trinajstić information content (AvgIpc) is 2.58. The molecule has 0 saturated carbocycles. The number of hydrogen-bond donors (Lipinski definition) is 1. The zero-order valence-electron chi connectivity index (χ0n) is 9.73. The van der Waals surface area contributed by atoms with E-state index in [0.717, 1.165) is 5.02 Å². The molecule has 0 aliphatic heterocycles. The molecule has 2 aromatic rings. The summed E-state index contributed by atoms with van der Waals surface area (Å²) in [5.41, 5.74) is 4.40. The number of benzene rings is 1. The fourth-order valence-corrected chi connectivity index (χ4v) is 3.06. The standard InChI is InChI=1S/C14H16ClN/c1-14(2)7-3-4-10-11-8-9(15)5-6-12(11)16-13(10)14/h5-6,8,16H,3-4,7H2,1-2H3. The summed E-state index contributed by atoms with van der Waals surface area (Å²) in [5.74, 6) is 0. The van der Waals surface area contributed by atoms with Crippen LogP contribution < -0.4 is 0 Å². The second-order valence-corrected chi connectivity index (χ2v) is 5.84. The van der Waals surface area contributed by atoms with Crippen molar-refractivity contribution in [1.29, 1.82) is 0 Å². The Morgan fingerprint density at radius 2 is 2.12 bits per heavy atom. The van der Waals surface area contributed by atoms with Gasteiger partial charge in [0.1, 0.15) is 0 Å². The van der Waals surface area contributed by atoms with Crippen LogP contribution in [0.25, 0.3) is 10.9 Å². The van der Waals surface area contributed by atoms with E-state index in [-0.39, 0.29) is 5.41 Å². The number of hydrogen-bond acceptors (Lipinski definition) is 0. The van der Waals surface area contributed by atoms with E-state index in [0.29, 0.717) is 0 Å². The molecule has 0 atom stereocenters. The first kappa shape index (κ1) is 10.2. The van der Waals surface area contributed by atoms with Gasteiger partial charge >= 0.3 is 0 Å². The third-order valence-electron chi connectivity index (χ3n) is 3.77. The Labute approximate surface area is 101 Å². The summed E-state index contributed by atoms with van der Waals surface area (Å²) in [6.07, 6.45) is 3.72. The van der Waals surface area contributed by atoms with Crippen LogP contribution in [0.15, 0.2) is 18.2 Å². The average molecular weight is 234 g/mol. The molecule has 3 rings (SSSR count). The monoisotopic (exact) mass is 233 g/mol. The molecule has 0 unspecified atom stereocenters. The van der Waals surface area contributed by atoms with Gasteiger partial charge in [-0.05, 0) is 43.0 Å². The molecule has 2 heteroatoms. The lowest BCUT2D eigenvalue weighted by molar-refractivity contribution is 0.423. The maximum absolute atomic E-state index is 6.08. The van der Waals surface area contributed by atoms with E-state index >= 15 is 0 Å². The van der Waals surface area contributed by atoms with Crippen molar-refractivity contribution >= 4 is 22.5 Å². The molecule has 16 heavy (non-hydrogen) atoms. The lowest BCUT2D eigenvalue weighted by atomic mass is 9.76. The maximum atomic E-state index is 6.08. The van der Waals surface area contributed by atoms with Crippen molar-refractivity contribution < 1.29 is 0 Å². The molecule has 1 aromatic carbocycles. The maximum Gasteiger partial charge on any atom is 0.0460 e. The zero-order chi connectivity index (χ0) is 11.3. The predicted octanol–water partition coefficient (Wildman–Crippen LogP) is 4.44. The first-order chi connectivity index (χ1) is 7.58. The summed E-state index contributed by atoms with van der Waals surface area (Å²) in [5, 5.41) is 2.15. The summed E-state index contributed by atoms with van der Waals surface area (Å²) in [7, 11) is 0. The third kappa shape index (κ3) is 1.38. The number of H-pyrrole nitrogens is 1. The van der Waals surface area contributed by atoms with Crippen LogP contribution in [0.5, 0.6) is 0 Å². The normalized spacial score (nSPS) is 18.7. The van der Waals surface area contributed by atoms with E-state index in [4.69, 9.17) is 11.6 Å². The fourth-order valence-electron chi connectivity index (χ4n) is 2.89. The number of nitrogens with one attached hydrogen (secondary N) is 1. The number of halogens is 1. The Balaban J connectivity index is 2.33. The van der Waals surface area contributed by atoms with Gasteiger partial charge in [0.25, 0.3) is 0 Å². The third-order valence-corrected chi connectivity index (χ3v) is 4.01. The molecule has 0 bridgehead atoms. The highest BCUT2D eigenvalue weighted by molar-refractivity contribution is 6.31. The number of fused-ring (bicyclic) bond motifs is 3. The Morgan fingerprint density at radius 3 is 2.94 bits per heavy atom. The van der Waals surface area contributed by atoms with Gasteiger partial charge in [-0.15, -0.1) is 0 Å². The molecule has 1 aromatic heterocycles. The van der Waals surface area contributed by atoms with Crippen molar-refractivity contribution in [2.75, 3.05) is 0 Å². The first-order valence-corrected chi connectivity index (χ1v) is 6.26. The van der Waals surface area contributed by atoms with E-state index in [1.54, 1.807) is 0 Å².